The second-order valence-electron chi connectivity index (χ2n) is 14.0. The maximum absolute atomic E-state index is 13.4. The summed E-state index contributed by atoms with van der Waals surface area (Å²) >= 11 is 0. The van der Waals surface area contributed by atoms with Crippen LogP contribution in [0.5, 0.6) is 0 Å². The fraction of sp³-hybridized carbons (Fsp3) is 0.250. The van der Waals surface area contributed by atoms with Crippen LogP contribution in [0.1, 0.15) is 34.1 Å². The number of hydrogen-bond acceptors (Lipinski definition) is 4. The molecule has 4 atom stereocenters. The van der Waals surface area contributed by atoms with Crippen LogP contribution in [0.15, 0.2) is 158 Å². The number of nitrogens with one attached hydrogen (secondary N) is 2. The largest absolute Gasteiger partial charge is 0.375 e. The van der Waals surface area contributed by atoms with Gasteiger partial charge in [0.2, 0.25) is 0 Å². The Kier molecular flexibility index (Phi) is 13.0. The first-order valence-electron chi connectivity index (χ1n) is 19.0. The van der Waals surface area contributed by atoms with Gasteiger partial charge in [0.15, 0.2) is 0 Å². The van der Waals surface area contributed by atoms with Crippen molar-refractivity contribution >= 4 is 0 Å². The highest BCUT2D eigenvalue weighted by atomic mass is 19.1. The minimum absolute atomic E-state index is 0.141. The van der Waals surface area contributed by atoms with Gasteiger partial charge < -0.3 is 20.1 Å². The van der Waals surface area contributed by atoms with E-state index < -0.39 is 0 Å². The molecule has 0 spiro atoms. The Bertz CT molecular complexity index is 1860. The van der Waals surface area contributed by atoms with Crippen LogP contribution in [-0.4, -0.2) is 51.6 Å². The third-order valence-electron chi connectivity index (χ3n) is 10.5. The zero-order valence-electron chi connectivity index (χ0n) is 30.5. The van der Waals surface area contributed by atoms with Crippen molar-refractivity contribution in [3.05, 3.63) is 192 Å². The average Bonchev–Trinajstić information content (AvgIpc) is 3.24. The normalized spacial score (nSPS) is 18.2. The lowest BCUT2D eigenvalue weighted by Gasteiger charge is -2.32. The molecule has 0 bridgehead atoms. The van der Waals surface area contributed by atoms with Crippen LogP contribution in [0.2, 0.25) is 0 Å². The van der Waals surface area contributed by atoms with E-state index >= 15 is 0 Å². The number of rotatable bonds is 10. The molecule has 6 heteroatoms. The van der Waals surface area contributed by atoms with Crippen molar-refractivity contribution in [2.45, 2.75) is 36.9 Å². The molecule has 2 saturated heterocycles. The van der Waals surface area contributed by atoms with E-state index in [-0.39, 0.29) is 35.7 Å². The Morgan fingerprint density at radius 2 is 0.833 bits per heavy atom. The zero-order valence-corrected chi connectivity index (χ0v) is 30.5. The van der Waals surface area contributed by atoms with Crippen LogP contribution in [0, 0.1) is 11.6 Å². The quantitative estimate of drug-likeness (QED) is 0.148. The summed E-state index contributed by atoms with van der Waals surface area (Å²) in [6, 6.07) is 51.5. The van der Waals surface area contributed by atoms with Gasteiger partial charge in [0.25, 0.3) is 0 Å². The summed E-state index contributed by atoms with van der Waals surface area (Å²) in [5, 5.41) is 6.91. The molecule has 0 aromatic heterocycles. The summed E-state index contributed by atoms with van der Waals surface area (Å²) in [6.07, 6.45) is 2.04. The number of hydrogen-bond donors (Lipinski definition) is 2. The Balaban J connectivity index is 0.000000167. The second-order valence-corrected chi connectivity index (χ2v) is 14.0. The van der Waals surface area contributed by atoms with Crippen LogP contribution in [0.25, 0.3) is 22.3 Å². The molecule has 2 N–H and O–H groups in total. The summed E-state index contributed by atoms with van der Waals surface area (Å²) in [5.41, 5.74) is 9.49. The molecule has 2 heterocycles. The van der Waals surface area contributed by atoms with Crippen molar-refractivity contribution < 1.29 is 18.3 Å². The molecular formula is C48H48F2N2O2. The second kappa shape index (κ2) is 18.9. The fourth-order valence-electron chi connectivity index (χ4n) is 7.71. The Labute approximate surface area is 318 Å². The Hall–Kier alpha value is -4.98. The van der Waals surface area contributed by atoms with Gasteiger partial charge in [-0.05, 0) is 81.6 Å². The standard InChI is InChI=1S/2C24H24FNO/c2*25-21-12-10-19(11-13-21)22-9-5-4-8-20(22)16-23(18-6-2-1-3-7-18)24-17-26-14-15-27-24/h2*1-13,23-24,26H,14-17H2/t2*23-,24-/m10/s1. The molecule has 0 amide bonds. The highest BCUT2D eigenvalue weighted by Crippen LogP contribution is 2.34. The van der Waals surface area contributed by atoms with Crippen LogP contribution >= 0.6 is 0 Å². The van der Waals surface area contributed by atoms with Gasteiger partial charge in [0, 0.05) is 38.0 Å². The number of morpholine rings is 2. The van der Waals surface area contributed by atoms with Crippen molar-refractivity contribution in [2.75, 3.05) is 39.4 Å². The molecule has 0 saturated carbocycles. The third-order valence-corrected chi connectivity index (χ3v) is 10.5. The Morgan fingerprint density at radius 1 is 0.463 bits per heavy atom. The summed E-state index contributed by atoms with van der Waals surface area (Å²) in [6.45, 7) is 5.02. The van der Waals surface area contributed by atoms with Crippen LogP contribution in [0.4, 0.5) is 8.78 Å². The van der Waals surface area contributed by atoms with Crippen LogP contribution < -0.4 is 10.6 Å². The van der Waals surface area contributed by atoms with E-state index in [1.54, 1.807) is 0 Å². The third kappa shape index (κ3) is 9.76. The molecular weight excluding hydrogens is 675 g/mol. The summed E-state index contributed by atoms with van der Waals surface area (Å²) < 4.78 is 38.9. The van der Waals surface area contributed by atoms with Crippen molar-refractivity contribution in [2.24, 2.45) is 0 Å². The first kappa shape index (κ1) is 37.3. The lowest BCUT2D eigenvalue weighted by atomic mass is 9.84. The van der Waals surface area contributed by atoms with E-state index in [1.165, 1.54) is 46.5 Å². The summed E-state index contributed by atoms with van der Waals surface area (Å²) in [7, 11) is 0. The van der Waals surface area contributed by atoms with Gasteiger partial charge in [-0.3, -0.25) is 0 Å². The maximum atomic E-state index is 13.4. The van der Waals surface area contributed by atoms with Gasteiger partial charge >= 0.3 is 0 Å². The molecule has 0 radical (unpaired) electrons. The van der Waals surface area contributed by atoms with Gasteiger partial charge in [-0.15, -0.1) is 0 Å². The summed E-state index contributed by atoms with van der Waals surface area (Å²) in [5.74, 6) is 0.112. The SMILES string of the molecule is Fc1ccc(-c2ccccc2C[C@@H](c2ccccc2)[C@@H]2CNCCO2)cc1.Fc1ccc(-c2ccccc2C[C@H](c2ccccc2)[C@H]2CNCCO2)cc1. The number of ether oxygens (including phenoxy) is 2. The van der Waals surface area contributed by atoms with E-state index in [9.17, 15) is 8.78 Å². The molecule has 2 aliphatic rings. The van der Waals surface area contributed by atoms with Crippen molar-refractivity contribution in [1.82, 2.24) is 10.6 Å². The maximum Gasteiger partial charge on any atom is 0.123 e. The smallest absolute Gasteiger partial charge is 0.123 e. The van der Waals surface area contributed by atoms with Crippen molar-refractivity contribution in [3.63, 3.8) is 0 Å². The van der Waals surface area contributed by atoms with E-state index in [0.29, 0.717) is 0 Å². The fourth-order valence-corrected chi connectivity index (χ4v) is 7.71. The molecule has 6 aromatic rings. The van der Waals surface area contributed by atoms with Gasteiger partial charge in [0.1, 0.15) is 11.6 Å². The molecule has 6 aromatic carbocycles. The molecule has 2 fully saturated rings. The molecule has 2 aliphatic heterocycles. The lowest BCUT2D eigenvalue weighted by Crippen LogP contribution is -2.42. The van der Waals surface area contributed by atoms with Crippen LogP contribution in [0.3, 0.4) is 0 Å². The van der Waals surface area contributed by atoms with E-state index in [1.807, 2.05) is 48.5 Å². The number of benzene rings is 6. The first-order chi connectivity index (χ1) is 26.6. The van der Waals surface area contributed by atoms with Gasteiger partial charge in [0.05, 0.1) is 25.4 Å². The van der Waals surface area contributed by atoms with E-state index in [2.05, 4.69) is 95.6 Å². The van der Waals surface area contributed by atoms with Gasteiger partial charge in [-0.1, -0.05) is 133 Å². The monoisotopic (exact) mass is 722 g/mol. The predicted molar refractivity (Wildman–Crippen MR) is 215 cm³/mol. The minimum Gasteiger partial charge on any atom is -0.375 e. The van der Waals surface area contributed by atoms with Crippen molar-refractivity contribution in [1.29, 1.82) is 0 Å². The van der Waals surface area contributed by atoms with Gasteiger partial charge in [-0.2, -0.15) is 0 Å². The molecule has 0 unspecified atom stereocenters. The molecule has 0 aliphatic carbocycles. The highest BCUT2D eigenvalue weighted by molar-refractivity contribution is 5.68. The minimum atomic E-state index is -0.208. The highest BCUT2D eigenvalue weighted by Gasteiger charge is 2.28. The molecule has 4 nitrogen and oxygen atoms in total. The molecule has 8 rings (SSSR count). The molecule has 276 valence electrons. The predicted octanol–water partition coefficient (Wildman–Crippen LogP) is 9.61. The first-order valence-corrected chi connectivity index (χ1v) is 19.0. The number of halogens is 2. The lowest BCUT2D eigenvalue weighted by molar-refractivity contribution is 0.0110. The zero-order chi connectivity index (χ0) is 37.0. The van der Waals surface area contributed by atoms with Gasteiger partial charge in [-0.25, -0.2) is 8.78 Å². The Morgan fingerprint density at radius 3 is 1.20 bits per heavy atom. The average molecular weight is 723 g/mol. The van der Waals surface area contributed by atoms with E-state index in [4.69, 9.17) is 9.47 Å². The van der Waals surface area contributed by atoms with Crippen molar-refractivity contribution in [3.8, 4) is 22.3 Å². The topological polar surface area (TPSA) is 42.5 Å². The van der Waals surface area contributed by atoms with E-state index in [0.717, 1.165) is 74.5 Å². The molecule has 54 heavy (non-hydrogen) atoms. The van der Waals surface area contributed by atoms with Crippen LogP contribution in [-0.2, 0) is 22.3 Å². The summed E-state index contributed by atoms with van der Waals surface area (Å²) in [4.78, 5) is 0.